The summed E-state index contributed by atoms with van der Waals surface area (Å²) in [4.78, 5) is 27.5. The summed E-state index contributed by atoms with van der Waals surface area (Å²) in [6.07, 6.45) is 0.390. The first-order valence-corrected chi connectivity index (χ1v) is 7.52. The number of aromatic amines is 1. The van der Waals surface area contributed by atoms with E-state index in [-0.39, 0.29) is 11.8 Å². The molecule has 1 aromatic heterocycles. The Hall–Kier alpha value is -2.70. The van der Waals surface area contributed by atoms with Crippen LogP contribution in [0.2, 0.25) is 0 Å². The molecule has 2 unspecified atom stereocenters. The number of nitrogens with one attached hydrogen (secondary N) is 2. The van der Waals surface area contributed by atoms with Gasteiger partial charge in [0.25, 0.3) is 0 Å². The third kappa shape index (κ3) is 3.08. The summed E-state index contributed by atoms with van der Waals surface area (Å²) in [7, 11) is 0. The minimum atomic E-state index is -0.922. The summed E-state index contributed by atoms with van der Waals surface area (Å²) < 4.78 is 0. The van der Waals surface area contributed by atoms with Crippen molar-refractivity contribution in [3.63, 3.8) is 0 Å². The van der Waals surface area contributed by atoms with Crippen molar-refractivity contribution >= 4 is 17.6 Å². The molecule has 7 nitrogen and oxygen atoms in total. The molecule has 0 saturated heterocycles. The Morgan fingerprint density at radius 1 is 1.30 bits per heavy atom. The predicted octanol–water partition coefficient (Wildman–Crippen LogP) is 2.25. The molecule has 3 N–H and O–H groups in total. The number of rotatable bonds is 5. The van der Waals surface area contributed by atoms with Crippen LogP contribution in [0.1, 0.15) is 32.0 Å². The molecular weight excluding hydrogens is 296 g/mol. The summed E-state index contributed by atoms with van der Waals surface area (Å²) in [6.45, 7) is 4.02. The van der Waals surface area contributed by atoms with Gasteiger partial charge in [0, 0.05) is 11.5 Å². The second kappa shape index (κ2) is 5.83. The summed E-state index contributed by atoms with van der Waals surface area (Å²) in [5.74, 6) is -0.721. The third-order valence-electron chi connectivity index (χ3n) is 3.92. The van der Waals surface area contributed by atoms with Gasteiger partial charge in [0.2, 0.25) is 5.91 Å². The molecule has 1 aliphatic carbocycles. The number of aliphatic carboxylic acids is 1. The fourth-order valence-electron chi connectivity index (χ4n) is 2.42. The number of nitrogens with zero attached hydrogens (tertiary/aromatic N) is 2. The van der Waals surface area contributed by atoms with Crippen LogP contribution in [0.4, 0.5) is 5.69 Å². The van der Waals surface area contributed by atoms with Crippen molar-refractivity contribution < 1.29 is 14.7 Å². The Kier molecular flexibility index (Phi) is 3.85. The van der Waals surface area contributed by atoms with Crippen LogP contribution in [0.15, 0.2) is 24.3 Å². The largest absolute Gasteiger partial charge is 0.481 e. The van der Waals surface area contributed by atoms with Gasteiger partial charge < -0.3 is 10.4 Å². The molecule has 0 spiro atoms. The molecule has 23 heavy (non-hydrogen) atoms. The second-order valence-corrected chi connectivity index (χ2v) is 6.02. The molecule has 1 fully saturated rings. The molecule has 2 aromatic rings. The van der Waals surface area contributed by atoms with E-state index in [2.05, 4.69) is 20.5 Å². The van der Waals surface area contributed by atoms with Gasteiger partial charge in [0.1, 0.15) is 5.82 Å². The average molecular weight is 314 g/mol. The fourth-order valence-corrected chi connectivity index (χ4v) is 2.42. The first-order valence-electron chi connectivity index (χ1n) is 7.52. The van der Waals surface area contributed by atoms with Gasteiger partial charge in [-0.25, -0.2) is 4.98 Å². The number of aromatic nitrogens is 3. The van der Waals surface area contributed by atoms with Gasteiger partial charge in [0.15, 0.2) is 5.82 Å². The van der Waals surface area contributed by atoms with E-state index in [9.17, 15) is 9.59 Å². The topological polar surface area (TPSA) is 108 Å². The van der Waals surface area contributed by atoms with E-state index in [1.54, 1.807) is 12.1 Å². The van der Waals surface area contributed by atoms with Crippen molar-refractivity contribution in [1.29, 1.82) is 0 Å². The number of carboxylic acids is 1. The maximum absolute atomic E-state index is 12.2. The van der Waals surface area contributed by atoms with Crippen LogP contribution in [-0.4, -0.2) is 32.2 Å². The second-order valence-electron chi connectivity index (χ2n) is 6.02. The minimum Gasteiger partial charge on any atom is -0.481 e. The molecule has 3 rings (SSSR count). The van der Waals surface area contributed by atoms with Crippen LogP contribution < -0.4 is 5.32 Å². The van der Waals surface area contributed by atoms with E-state index < -0.39 is 17.8 Å². The molecule has 1 heterocycles. The number of anilines is 1. The summed E-state index contributed by atoms with van der Waals surface area (Å²) in [5, 5.41) is 18.8. The van der Waals surface area contributed by atoms with E-state index in [0.29, 0.717) is 23.5 Å². The molecule has 7 heteroatoms. The maximum Gasteiger partial charge on any atom is 0.307 e. The van der Waals surface area contributed by atoms with E-state index in [0.717, 1.165) is 5.82 Å². The molecule has 1 aromatic carbocycles. The monoisotopic (exact) mass is 314 g/mol. The SMILES string of the molecule is CC(C)c1nc(-c2ccccc2NC(=O)C2CC2C(=O)O)n[nH]1. The Morgan fingerprint density at radius 3 is 2.65 bits per heavy atom. The zero-order valence-corrected chi connectivity index (χ0v) is 12.9. The Morgan fingerprint density at radius 2 is 2.04 bits per heavy atom. The van der Waals surface area contributed by atoms with Gasteiger partial charge in [-0.2, -0.15) is 5.10 Å². The molecule has 0 bridgehead atoms. The number of para-hydroxylation sites is 1. The Bertz CT molecular complexity index is 753. The van der Waals surface area contributed by atoms with Crippen LogP contribution in [0, 0.1) is 11.8 Å². The maximum atomic E-state index is 12.2. The first-order chi connectivity index (χ1) is 11.0. The lowest BCUT2D eigenvalue weighted by atomic mass is 10.1. The van der Waals surface area contributed by atoms with E-state index in [1.807, 2.05) is 26.0 Å². The van der Waals surface area contributed by atoms with Crippen LogP contribution >= 0.6 is 0 Å². The molecule has 1 saturated carbocycles. The number of carboxylic acid groups (broad SMARTS) is 1. The molecule has 120 valence electrons. The van der Waals surface area contributed by atoms with Gasteiger partial charge >= 0.3 is 5.97 Å². The molecule has 2 atom stereocenters. The standard InChI is InChI=1S/C16H18N4O3/c1-8(2)13-18-14(20-19-13)9-5-3-4-6-12(9)17-15(21)10-7-11(10)16(22)23/h3-6,8,10-11H,7H2,1-2H3,(H,17,21)(H,22,23)(H,18,19,20). The fraction of sp³-hybridized carbons (Fsp3) is 0.375. The molecule has 1 aliphatic rings. The van der Waals surface area contributed by atoms with Crippen LogP contribution in [0.5, 0.6) is 0 Å². The van der Waals surface area contributed by atoms with E-state index >= 15 is 0 Å². The number of carbonyl (C=O) groups is 2. The van der Waals surface area contributed by atoms with Gasteiger partial charge in [-0.1, -0.05) is 26.0 Å². The van der Waals surface area contributed by atoms with Gasteiger partial charge in [-0.05, 0) is 18.6 Å². The minimum absolute atomic E-state index is 0.223. The number of amides is 1. The predicted molar refractivity (Wildman–Crippen MR) is 83.8 cm³/mol. The summed E-state index contributed by atoms with van der Waals surface area (Å²) >= 11 is 0. The summed E-state index contributed by atoms with van der Waals surface area (Å²) in [5.41, 5.74) is 1.29. The lowest BCUT2D eigenvalue weighted by Gasteiger charge is -2.08. The van der Waals surface area contributed by atoms with Crippen molar-refractivity contribution in [3.8, 4) is 11.4 Å². The van der Waals surface area contributed by atoms with Crippen molar-refractivity contribution in [2.24, 2.45) is 11.8 Å². The Balaban J connectivity index is 1.81. The molecule has 0 radical (unpaired) electrons. The average Bonchev–Trinajstić information content (AvgIpc) is 3.18. The van der Waals surface area contributed by atoms with Crippen LogP contribution in [0.3, 0.4) is 0 Å². The number of hydrogen-bond acceptors (Lipinski definition) is 4. The highest BCUT2D eigenvalue weighted by Crippen LogP contribution is 2.40. The first kappa shape index (κ1) is 15.2. The zero-order valence-electron chi connectivity index (χ0n) is 12.9. The van der Waals surface area contributed by atoms with Gasteiger partial charge in [-0.15, -0.1) is 0 Å². The number of carbonyl (C=O) groups excluding carboxylic acids is 1. The van der Waals surface area contributed by atoms with Crippen molar-refractivity contribution in [2.45, 2.75) is 26.2 Å². The zero-order chi connectivity index (χ0) is 16.6. The van der Waals surface area contributed by atoms with Gasteiger partial charge in [-0.3, -0.25) is 14.7 Å². The van der Waals surface area contributed by atoms with Gasteiger partial charge in [0.05, 0.1) is 17.5 Å². The highest BCUT2D eigenvalue weighted by atomic mass is 16.4. The lowest BCUT2D eigenvalue weighted by molar-refractivity contribution is -0.139. The molecular formula is C16H18N4O3. The normalized spacial score (nSPS) is 19.6. The molecule has 1 amide bonds. The highest BCUT2D eigenvalue weighted by molar-refractivity contribution is 6.00. The quantitative estimate of drug-likeness (QED) is 0.784. The summed E-state index contributed by atoms with van der Waals surface area (Å²) in [6, 6.07) is 7.23. The highest BCUT2D eigenvalue weighted by Gasteiger charge is 2.48. The van der Waals surface area contributed by atoms with Crippen molar-refractivity contribution in [1.82, 2.24) is 15.2 Å². The third-order valence-corrected chi connectivity index (χ3v) is 3.92. The van der Waals surface area contributed by atoms with E-state index in [4.69, 9.17) is 5.11 Å². The van der Waals surface area contributed by atoms with E-state index in [1.165, 1.54) is 0 Å². The smallest absolute Gasteiger partial charge is 0.307 e. The number of H-pyrrole nitrogens is 1. The number of hydrogen-bond donors (Lipinski definition) is 3. The van der Waals surface area contributed by atoms with Crippen molar-refractivity contribution in [3.05, 3.63) is 30.1 Å². The van der Waals surface area contributed by atoms with Crippen LogP contribution in [-0.2, 0) is 9.59 Å². The number of benzene rings is 1. The van der Waals surface area contributed by atoms with Crippen LogP contribution in [0.25, 0.3) is 11.4 Å². The molecule has 0 aliphatic heterocycles. The van der Waals surface area contributed by atoms with Crippen molar-refractivity contribution in [2.75, 3.05) is 5.32 Å². The Labute approximate surface area is 133 Å². The lowest BCUT2D eigenvalue weighted by Crippen LogP contribution is -2.17.